The summed E-state index contributed by atoms with van der Waals surface area (Å²) in [6, 6.07) is 8.27. The summed E-state index contributed by atoms with van der Waals surface area (Å²) < 4.78 is 52.8. The van der Waals surface area contributed by atoms with E-state index < -0.39 is 23.6 Å². The van der Waals surface area contributed by atoms with Gasteiger partial charge >= 0.3 is 12.2 Å². The van der Waals surface area contributed by atoms with Gasteiger partial charge in [-0.2, -0.15) is 13.2 Å². The summed E-state index contributed by atoms with van der Waals surface area (Å²) in [5.41, 5.74) is 5.22. The number of aromatic nitrogens is 2. The summed E-state index contributed by atoms with van der Waals surface area (Å²) in [7, 11) is 0. The topological polar surface area (TPSA) is 129 Å². The Morgan fingerprint density at radius 2 is 1.65 bits per heavy atom. The summed E-state index contributed by atoms with van der Waals surface area (Å²) in [5, 5.41) is 16.7. The number of nitrogen functional groups attached to an aromatic ring is 1. The average molecular weight is 516 g/mol. The maximum atomic E-state index is 14.6. The number of anilines is 3. The lowest BCUT2D eigenvalue weighted by Crippen LogP contribution is -2.32. The smallest absolute Gasteiger partial charge is 0.386 e. The molecular formula is C25H25F4N7O. The molecule has 3 rings (SSSR count). The Labute approximate surface area is 210 Å². The highest BCUT2D eigenvalue weighted by molar-refractivity contribution is 6.29. The van der Waals surface area contributed by atoms with Gasteiger partial charge in [-0.05, 0) is 74.9 Å². The van der Waals surface area contributed by atoms with Crippen molar-refractivity contribution in [2.45, 2.75) is 32.5 Å². The first kappa shape index (κ1) is 27.1. The van der Waals surface area contributed by atoms with Crippen molar-refractivity contribution in [1.29, 1.82) is 5.41 Å². The van der Waals surface area contributed by atoms with Crippen LogP contribution in [0.3, 0.4) is 0 Å². The van der Waals surface area contributed by atoms with Crippen LogP contribution in [0.4, 0.5) is 39.7 Å². The predicted octanol–water partition coefficient (Wildman–Crippen LogP) is 5.66. The van der Waals surface area contributed by atoms with Crippen LogP contribution in [-0.2, 0) is 6.18 Å². The number of nitrogens with one attached hydrogen (secondary N) is 4. The number of hydrogen-bond acceptors (Lipinski definition) is 6. The standard InChI is InChI=1S/C25H25F4N7O/c1-24(2,3)33-13-19(21(30)20-8-9-32-22(31)36-20)14-10-16(26)12-18(11-14)35-23(37)34-17-6-4-15(5-7-17)25(27,28)29/h4-13,30,33H,1-3H3,(H2,31,32,36)(H2,34,35,37)/b19-13-,30-21?. The van der Waals surface area contributed by atoms with E-state index in [-0.39, 0.29) is 45.4 Å². The number of nitrogens with two attached hydrogens (primary N) is 1. The highest BCUT2D eigenvalue weighted by atomic mass is 19.4. The number of rotatable bonds is 6. The second-order valence-corrected chi connectivity index (χ2v) is 9.01. The minimum Gasteiger partial charge on any atom is -0.386 e. The Hall–Kier alpha value is -4.48. The highest BCUT2D eigenvalue weighted by Gasteiger charge is 2.30. The quantitative estimate of drug-likeness (QED) is 0.214. The van der Waals surface area contributed by atoms with Crippen molar-refractivity contribution < 1.29 is 22.4 Å². The molecule has 37 heavy (non-hydrogen) atoms. The van der Waals surface area contributed by atoms with E-state index in [1.54, 1.807) is 6.20 Å². The number of nitrogens with zero attached hydrogens (tertiary/aromatic N) is 2. The molecule has 2 aromatic carbocycles. The lowest BCUT2D eigenvalue weighted by Gasteiger charge is -2.21. The molecule has 194 valence electrons. The van der Waals surface area contributed by atoms with Crippen molar-refractivity contribution in [3.63, 3.8) is 0 Å². The van der Waals surface area contributed by atoms with E-state index in [0.29, 0.717) is 0 Å². The van der Waals surface area contributed by atoms with E-state index in [9.17, 15) is 22.4 Å². The molecule has 1 heterocycles. The number of amides is 2. The van der Waals surface area contributed by atoms with Gasteiger partial charge in [-0.3, -0.25) is 5.41 Å². The molecule has 0 saturated carbocycles. The summed E-state index contributed by atoms with van der Waals surface area (Å²) in [6.07, 6.45) is -1.57. The molecule has 0 spiro atoms. The largest absolute Gasteiger partial charge is 0.416 e. The van der Waals surface area contributed by atoms with Gasteiger partial charge in [0.05, 0.1) is 17.0 Å². The molecule has 2 amide bonds. The van der Waals surface area contributed by atoms with Crippen LogP contribution >= 0.6 is 0 Å². The van der Waals surface area contributed by atoms with Gasteiger partial charge in [0, 0.05) is 34.9 Å². The molecular weight excluding hydrogens is 490 g/mol. The van der Waals surface area contributed by atoms with E-state index >= 15 is 0 Å². The Balaban J connectivity index is 1.88. The van der Waals surface area contributed by atoms with Crippen molar-refractivity contribution in [2.24, 2.45) is 0 Å². The summed E-state index contributed by atoms with van der Waals surface area (Å²) in [6.45, 7) is 5.70. The molecule has 0 atom stereocenters. The summed E-state index contributed by atoms with van der Waals surface area (Å²) in [5.74, 6) is -0.731. The number of allylic oxidation sites excluding steroid dienone is 1. The third-order valence-corrected chi connectivity index (χ3v) is 4.79. The fraction of sp³-hybridized carbons (Fsp3) is 0.200. The monoisotopic (exact) mass is 515 g/mol. The van der Waals surface area contributed by atoms with Crippen LogP contribution in [0.15, 0.2) is 60.9 Å². The Kier molecular flexibility index (Phi) is 7.80. The van der Waals surface area contributed by atoms with Gasteiger partial charge in [0.2, 0.25) is 5.95 Å². The third-order valence-electron chi connectivity index (χ3n) is 4.79. The molecule has 0 radical (unpaired) electrons. The Morgan fingerprint density at radius 3 is 2.24 bits per heavy atom. The van der Waals surface area contributed by atoms with E-state index in [4.69, 9.17) is 11.1 Å². The first-order valence-electron chi connectivity index (χ1n) is 10.9. The molecule has 6 N–H and O–H groups in total. The van der Waals surface area contributed by atoms with Gasteiger partial charge in [0.15, 0.2) is 0 Å². The van der Waals surface area contributed by atoms with Gasteiger partial charge in [-0.25, -0.2) is 19.2 Å². The maximum absolute atomic E-state index is 14.6. The van der Waals surface area contributed by atoms with Gasteiger partial charge < -0.3 is 21.7 Å². The van der Waals surface area contributed by atoms with Gasteiger partial charge in [0.1, 0.15) is 5.82 Å². The fourth-order valence-electron chi connectivity index (χ4n) is 3.09. The number of hydrogen-bond donors (Lipinski definition) is 5. The molecule has 0 bridgehead atoms. The molecule has 0 saturated heterocycles. The van der Waals surface area contributed by atoms with Crippen molar-refractivity contribution >= 4 is 34.6 Å². The lowest BCUT2D eigenvalue weighted by atomic mass is 9.98. The Bertz CT molecular complexity index is 1330. The minimum atomic E-state index is -4.50. The minimum absolute atomic E-state index is 0.0353. The summed E-state index contributed by atoms with van der Waals surface area (Å²) in [4.78, 5) is 20.3. The zero-order valence-corrected chi connectivity index (χ0v) is 20.2. The van der Waals surface area contributed by atoms with Crippen LogP contribution < -0.4 is 21.7 Å². The second kappa shape index (κ2) is 10.6. The zero-order chi connectivity index (χ0) is 27.4. The number of halogens is 4. The van der Waals surface area contributed by atoms with Crippen LogP contribution in [0.2, 0.25) is 0 Å². The SMILES string of the molecule is CC(C)(C)N/C=C(\C(=N)c1ccnc(N)n1)c1cc(F)cc(NC(=O)Nc2ccc(C(F)(F)F)cc2)c1. The van der Waals surface area contributed by atoms with Crippen molar-refractivity contribution in [3.05, 3.63) is 83.6 Å². The van der Waals surface area contributed by atoms with Crippen LogP contribution in [0.1, 0.15) is 37.6 Å². The lowest BCUT2D eigenvalue weighted by molar-refractivity contribution is -0.137. The molecule has 1 aromatic heterocycles. The molecule has 0 aliphatic heterocycles. The van der Waals surface area contributed by atoms with E-state index in [1.807, 2.05) is 20.8 Å². The number of urea groups is 1. The van der Waals surface area contributed by atoms with Gasteiger partial charge in [0.25, 0.3) is 0 Å². The first-order valence-corrected chi connectivity index (χ1v) is 10.9. The van der Waals surface area contributed by atoms with Crippen LogP contribution in [-0.4, -0.2) is 27.2 Å². The molecule has 12 heteroatoms. The predicted molar refractivity (Wildman–Crippen MR) is 135 cm³/mol. The van der Waals surface area contributed by atoms with E-state index in [2.05, 4.69) is 25.9 Å². The highest BCUT2D eigenvalue weighted by Crippen LogP contribution is 2.30. The first-order chi connectivity index (χ1) is 17.2. The van der Waals surface area contributed by atoms with Gasteiger partial charge in [-0.1, -0.05) is 0 Å². The van der Waals surface area contributed by atoms with Crippen LogP contribution in [0.25, 0.3) is 5.57 Å². The van der Waals surface area contributed by atoms with E-state index in [0.717, 1.165) is 30.3 Å². The number of alkyl halides is 3. The molecule has 0 aliphatic carbocycles. The molecule has 0 unspecified atom stereocenters. The maximum Gasteiger partial charge on any atom is 0.416 e. The number of carbonyl (C=O) groups excluding carboxylic acids is 1. The molecule has 8 nitrogen and oxygen atoms in total. The van der Waals surface area contributed by atoms with Crippen LogP contribution in [0.5, 0.6) is 0 Å². The average Bonchev–Trinajstić information content (AvgIpc) is 2.77. The molecule has 0 aliphatic rings. The Morgan fingerprint density at radius 1 is 1.00 bits per heavy atom. The molecule has 3 aromatic rings. The zero-order valence-electron chi connectivity index (χ0n) is 20.2. The van der Waals surface area contributed by atoms with Crippen molar-refractivity contribution in [3.8, 4) is 0 Å². The van der Waals surface area contributed by atoms with E-state index in [1.165, 1.54) is 24.4 Å². The van der Waals surface area contributed by atoms with Gasteiger partial charge in [-0.15, -0.1) is 0 Å². The van der Waals surface area contributed by atoms with Crippen LogP contribution in [0, 0.1) is 11.2 Å². The normalized spacial score (nSPS) is 12.1. The third kappa shape index (κ3) is 7.75. The second-order valence-electron chi connectivity index (χ2n) is 9.01. The number of benzene rings is 2. The molecule has 0 fully saturated rings. The fourth-order valence-corrected chi connectivity index (χ4v) is 3.09. The summed E-state index contributed by atoms with van der Waals surface area (Å²) >= 11 is 0. The number of carbonyl (C=O) groups is 1. The van der Waals surface area contributed by atoms with Crippen molar-refractivity contribution in [1.82, 2.24) is 15.3 Å². The van der Waals surface area contributed by atoms with Crippen molar-refractivity contribution in [2.75, 3.05) is 16.4 Å².